The Bertz CT molecular complexity index is 1220. The minimum absolute atomic E-state index is 0.171. The van der Waals surface area contributed by atoms with Crippen molar-refractivity contribution >= 4 is 40.7 Å². The fourth-order valence-corrected chi connectivity index (χ4v) is 3.85. The maximum Gasteiger partial charge on any atom is 0.260 e. The quantitative estimate of drug-likeness (QED) is 0.176. The molecule has 7 nitrogen and oxygen atoms in total. The number of carbonyl (C=O) groups is 1. The summed E-state index contributed by atoms with van der Waals surface area (Å²) < 4.78 is 5.61. The minimum Gasteiger partial charge on any atom is -0.378 e. The summed E-state index contributed by atoms with van der Waals surface area (Å²) in [6.07, 6.45) is 9.72. The van der Waals surface area contributed by atoms with Gasteiger partial charge in [0.1, 0.15) is 11.7 Å². The highest BCUT2D eigenvalue weighted by atomic mass is 35.5. The van der Waals surface area contributed by atoms with Crippen LogP contribution in [-0.2, 0) is 9.53 Å². The van der Waals surface area contributed by atoms with Gasteiger partial charge in [-0.15, -0.1) is 0 Å². The van der Waals surface area contributed by atoms with Crippen LogP contribution in [0.2, 0.25) is 5.02 Å². The van der Waals surface area contributed by atoms with E-state index in [-0.39, 0.29) is 5.91 Å². The van der Waals surface area contributed by atoms with Gasteiger partial charge < -0.3 is 15.0 Å². The molecule has 1 heterocycles. The number of benzene rings is 1. The van der Waals surface area contributed by atoms with Crippen molar-refractivity contribution in [2.24, 2.45) is 9.98 Å². The van der Waals surface area contributed by atoms with Crippen LogP contribution in [0.15, 0.2) is 76.7 Å². The number of allylic oxidation sites excluding steroid dienone is 3. The zero-order chi connectivity index (χ0) is 33.7. The molecule has 0 saturated heterocycles. The fraction of sp³-hybridized carbons (Fsp3) is 0.472. The molecule has 0 aromatic heterocycles. The second-order valence-electron chi connectivity index (χ2n) is 10.7. The summed E-state index contributed by atoms with van der Waals surface area (Å²) in [7, 11) is 4.01. The monoisotopic (exact) mass is 625 g/mol. The smallest absolute Gasteiger partial charge is 0.260 e. The number of aliphatic imine (C=N–C) groups is 2. The number of ether oxygens (including phenoxy) is 1. The number of likely N-dealkylation sites (N-methyl/N-ethyl adjacent to an activating group) is 2. The lowest BCUT2D eigenvalue weighted by atomic mass is 9.95. The SMILES string of the molecule is C=C(/N=C1\C(=C/C)C=C(c2ccc(C(=C)C=NC=C(C)C)cc2Cl)C(=O)N1CC)NCCOCCN(C)C.CCC.CCC. The number of halogens is 1. The third kappa shape index (κ3) is 15.0. The van der Waals surface area contributed by atoms with E-state index < -0.39 is 0 Å². The predicted molar refractivity (Wildman–Crippen MR) is 193 cm³/mol. The average molecular weight is 626 g/mol. The molecule has 1 N–H and O–H groups in total. The topological polar surface area (TPSA) is 69.5 Å². The molecule has 244 valence electrons. The number of nitrogens with zero attached hydrogens (tertiary/aromatic N) is 4. The van der Waals surface area contributed by atoms with Gasteiger partial charge in [-0.1, -0.05) is 89.1 Å². The van der Waals surface area contributed by atoms with E-state index in [0.717, 1.165) is 28.8 Å². The molecular formula is C36H56ClN5O2. The van der Waals surface area contributed by atoms with E-state index in [0.29, 0.717) is 54.1 Å². The molecule has 1 aromatic rings. The second-order valence-corrected chi connectivity index (χ2v) is 11.1. The lowest BCUT2D eigenvalue weighted by Gasteiger charge is -2.30. The molecular weight excluding hydrogens is 570 g/mol. The van der Waals surface area contributed by atoms with E-state index in [1.165, 1.54) is 12.8 Å². The van der Waals surface area contributed by atoms with Gasteiger partial charge in [0.2, 0.25) is 0 Å². The summed E-state index contributed by atoms with van der Waals surface area (Å²) in [6, 6.07) is 5.55. The molecule has 1 aliphatic rings. The summed E-state index contributed by atoms with van der Waals surface area (Å²) in [5, 5.41) is 3.63. The molecule has 0 atom stereocenters. The van der Waals surface area contributed by atoms with Crippen LogP contribution in [0, 0.1) is 0 Å². The molecule has 0 fully saturated rings. The first-order valence-electron chi connectivity index (χ1n) is 15.5. The van der Waals surface area contributed by atoms with Crippen LogP contribution in [0.5, 0.6) is 0 Å². The Balaban J connectivity index is 0.00000284. The Hall–Kier alpha value is -3.26. The number of amidine groups is 1. The summed E-state index contributed by atoms with van der Waals surface area (Å²) in [5.74, 6) is 0.843. The predicted octanol–water partition coefficient (Wildman–Crippen LogP) is 8.41. The van der Waals surface area contributed by atoms with Crippen LogP contribution in [-0.4, -0.2) is 74.7 Å². The van der Waals surface area contributed by atoms with Crippen LogP contribution >= 0.6 is 11.6 Å². The van der Waals surface area contributed by atoms with Crippen molar-refractivity contribution in [3.8, 4) is 0 Å². The summed E-state index contributed by atoms with van der Waals surface area (Å²) in [5.41, 5.74) is 4.63. The highest BCUT2D eigenvalue weighted by Crippen LogP contribution is 2.32. The van der Waals surface area contributed by atoms with E-state index in [1.807, 2.05) is 72.1 Å². The largest absolute Gasteiger partial charge is 0.378 e. The second kappa shape index (κ2) is 23.2. The summed E-state index contributed by atoms with van der Waals surface area (Å²) in [6.45, 7) is 27.4. The standard InChI is InChI=1S/C30H40ClN5O2.2C3H8/c1-9-24-17-27(26-12-11-25(18-28(26)31)22(5)20-32-19-21(3)4)30(37)36(10-2)29(24)34-23(6)33-13-15-38-16-14-35(7)8;2*1-3-2/h9,11-12,17-20,33H,5-6,10,13-16H2,1-4,7-8H3;2*3H2,1-2H3/b24-9-,32-20?,34-29+;;. The van der Waals surface area contributed by atoms with E-state index in [9.17, 15) is 4.79 Å². The number of hydrogen-bond acceptors (Lipinski definition) is 6. The first-order valence-corrected chi connectivity index (χ1v) is 15.9. The van der Waals surface area contributed by atoms with Crippen molar-refractivity contribution < 1.29 is 9.53 Å². The molecule has 0 spiro atoms. The van der Waals surface area contributed by atoms with E-state index in [4.69, 9.17) is 16.3 Å². The Labute approximate surface area is 272 Å². The Morgan fingerprint density at radius 2 is 1.73 bits per heavy atom. The van der Waals surface area contributed by atoms with Crippen molar-refractivity contribution in [2.75, 3.05) is 46.9 Å². The van der Waals surface area contributed by atoms with Crippen LogP contribution < -0.4 is 5.32 Å². The van der Waals surface area contributed by atoms with Crippen LogP contribution in [0.3, 0.4) is 0 Å². The molecule has 1 amide bonds. The number of rotatable bonds is 13. The van der Waals surface area contributed by atoms with Crippen molar-refractivity contribution in [3.63, 3.8) is 0 Å². The maximum atomic E-state index is 13.5. The first kappa shape index (κ1) is 40.7. The van der Waals surface area contributed by atoms with Gasteiger partial charge in [-0.2, -0.15) is 0 Å². The number of carbonyl (C=O) groups excluding carboxylic acids is 1. The molecule has 0 aliphatic carbocycles. The van der Waals surface area contributed by atoms with Crippen LogP contribution in [0.1, 0.15) is 79.4 Å². The summed E-state index contributed by atoms with van der Waals surface area (Å²) in [4.78, 5) is 26.2. The van der Waals surface area contributed by atoms with Crippen molar-refractivity contribution in [1.29, 1.82) is 0 Å². The Kier molecular flexibility index (Phi) is 21.4. The average Bonchev–Trinajstić information content (AvgIpc) is 2.96. The van der Waals surface area contributed by atoms with Gasteiger partial charge >= 0.3 is 0 Å². The minimum atomic E-state index is -0.171. The Morgan fingerprint density at radius 3 is 2.25 bits per heavy atom. The van der Waals surface area contributed by atoms with Gasteiger partial charge in [0.15, 0.2) is 0 Å². The van der Waals surface area contributed by atoms with Gasteiger partial charge in [0.05, 0.1) is 13.2 Å². The van der Waals surface area contributed by atoms with Crippen molar-refractivity contribution in [2.45, 2.75) is 68.2 Å². The summed E-state index contributed by atoms with van der Waals surface area (Å²) >= 11 is 6.67. The number of nitrogens with one attached hydrogen (secondary N) is 1. The number of hydrogen-bond donors (Lipinski definition) is 1. The zero-order valence-electron chi connectivity index (χ0n) is 28.9. The number of amides is 1. The lowest BCUT2D eigenvalue weighted by Crippen LogP contribution is -2.41. The molecule has 1 aromatic carbocycles. The van der Waals surface area contributed by atoms with Gasteiger partial charge in [-0.3, -0.25) is 14.7 Å². The highest BCUT2D eigenvalue weighted by Gasteiger charge is 2.30. The van der Waals surface area contributed by atoms with Gasteiger partial charge in [-0.05, 0) is 65.1 Å². The lowest BCUT2D eigenvalue weighted by molar-refractivity contribution is -0.121. The van der Waals surface area contributed by atoms with Gasteiger partial charge in [0, 0.05) is 53.8 Å². The molecule has 1 aliphatic heterocycles. The maximum absolute atomic E-state index is 13.5. The molecule has 0 bridgehead atoms. The molecule has 44 heavy (non-hydrogen) atoms. The highest BCUT2D eigenvalue weighted by molar-refractivity contribution is 6.37. The van der Waals surface area contributed by atoms with E-state index in [1.54, 1.807) is 17.3 Å². The third-order valence-electron chi connectivity index (χ3n) is 5.61. The molecule has 2 rings (SSSR count). The van der Waals surface area contributed by atoms with Crippen LogP contribution in [0.25, 0.3) is 11.1 Å². The molecule has 0 radical (unpaired) electrons. The van der Waals surface area contributed by atoms with Gasteiger partial charge in [-0.25, -0.2) is 4.99 Å². The normalized spacial score (nSPS) is 14.6. The van der Waals surface area contributed by atoms with Crippen molar-refractivity contribution in [3.05, 3.63) is 82.8 Å². The first-order chi connectivity index (χ1) is 20.9. The molecule has 8 heteroatoms. The fourth-order valence-electron chi connectivity index (χ4n) is 3.57. The third-order valence-corrected chi connectivity index (χ3v) is 5.92. The van der Waals surface area contributed by atoms with E-state index in [2.05, 4.69) is 61.1 Å². The Morgan fingerprint density at radius 1 is 1.09 bits per heavy atom. The zero-order valence-corrected chi connectivity index (χ0v) is 29.6. The molecule has 0 unspecified atom stereocenters. The molecule has 0 saturated carbocycles. The van der Waals surface area contributed by atoms with E-state index >= 15 is 0 Å². The van der Waals surface area contributed by atoms with Crippen molar-refractivity contribution in [1.82, 2.24) is 15.1 Å². The van der Waals surface area contributed by atoms with Gasteiger partial charge in [0.25, 0.3) is 5.91 Å². The van der Waals surface area contributed by atoms with Crippen LogP contribution in [0.4, 0.5) is 0 Å².